The predicted octanol–water partition coefficient (Wildman–Crippen LogP) is -7.28. The SMILES string of the molecule is O=S([O-])c1cccc(P(=O)([O-])O)c1.[Na+].[Na+].[Na]. The summed E-state index contributed by atoms with van der Waals surface area (Å²) in [5, 5.41) is -0.408. The summed E-state index contributed by atoms with van der Waals surface area (Å²) in [6.45, 7) is 0. The van der Waals surface area contributed by atoms with Crippen LogP contribution in [0, 0.1) is 0 Å². The van der Waals surface area contributed by atoms with Gasteiger partial charge in [0.1, 0.15) is 0 Å². The quantitative estimate of drug-likeness (QED) is 0.331. The second-order valence-electron chi connectivity index (χ2n) is 2.25. The molecule has 0 bridgehead atoms. The molecule has 0 saturated heterocycles. The minimum Gasteiger partial charge on any atom is -0.775 e. The fourth-order valence-electron chi connectivity index (χ4n) is 0.763. The number of hydrogen-bond acceptors (Lipinski definition) is 4. The average Bonchev–Trinajstić information content (AvgIpc) is 2.03. The standard InChI is InChI=1S/C6H7O5PS.3Na/c7-12(8,9)5-2-1-3-6(4-5)13(10)11;;;/h1-4H,(H,10,11)(H2,7,8,9);;;/q;;2*+1/p-2. The topological polar surface area (TPSA) is 100 Å². The van der Waals surface area contributed by atoms with Gasteiger partial charge in [-0.05, 0) is 23.2 Å². The maximum atomic E-state index is 10.6. The van der Waals surface area contributed by atoms with Gasteiger partial charge in [-0.1, -0.05) is 12.1 Å². The van der Waals surface area contributed by atoms with Crippen LogP contribution in [-0.4, -0.2) is 43.2 Å². The van der Waals surface area contributed by atoms with E-state index in [4.69, 9.17) is 4.89 Å². The van der Waals surface area contributed by atoms with Crippen LogP contribution < -0.4 is 69.3 Å². The molecule has 0 heterocycles. The Kier molecular flexibility index (Phi) is 15.2. The zero-order valence-corrected chi connectivity index (χ0v) is 17.0. The van der Waals surface area contributed by atoms with Crippen LogP contribution in [0.4, 0.5) is 0 Å². The molecular weight excluding hydrogens is 284 g/mol. The van der Waals surface area contributed by atoms with Crippen LogP contribution >= 0.6 is 7.60 Å². The van der Waals surface area contributed by atoms with Crippen molar-refractivity contribution in [2.45, 2.75) is 4.90 Å². The molecule has 0 amide bonds. The summed E-state index contributed by atoms with van der Waals surface area (Å²) < 4.78 is 31.4. The molecule has 1 aromatic rings. The molecular formula is C6H5Na3O5PS. The monoisotopic (exact) mass is 289 g/mol. The molecule has 1 aromatic carbocycles. The van der Waals surface area contributed by atoms with Crippen molar-refractivity contribution >= 4 is 53.5 Å². The van der Waals surface area contributed by atoms with E-state index in [0.717, 1.165) is 12.1 Å². The van der Waals surface area contributed by atoms with Gasteiger partial charge in [-0.2, -0.15) is 0 Å². The third kappa shape index (κ3) is 7.81. The van der Waals surface area contributed by atoms with Gasteiger partial charge in [0.2, 0.25) is 0 Å². The van der Waals surface area contributed by atoms with Crippen molar-refractivity contribution in [1.82, 2.24) is 0 Å². The van der Waals surface area contributed by atoms with Crippen molar-refractivity contribution in [3.8, 4) is 0 Å². The van der Waals surface area contributed by atoms with E-state index >= 15 is 0 Å². The molecule has 2 unspecified atom stereocenters. The molecule has 5 nitrogen and oxygen atoms in total. The van der Waals surface area contributed by atoms with E-state index in [1.165, 1.54) is 12.1 Å². The van der Waals surface area contributed by atoms with E-state index in [2.05, 4.69) is 0 Å². The Morgan fingerprint density at radius 3 is 2.19 bits per heavy atom. The van der Waals surface area contributed by atoms with Crippen LogP contribution in [0.5, 0.6) is 0 Å². The molecule has 0 spiro atoms. The summed E-state index contributed by atoms with van der Waals surface area (Å²) in [4.78, 5) is 19.0. The van der Waals surface area contributed by atoms with Gasteiger partial charge in [-0.3, -0.25) is 4.21 Å². The Balaban J connectivity index is -0.000000563. The predicted molar refractivity (Wildman–Crippen MR) is 48.8 cm³/mol. The van der Waals surface area contributed by atoms with Crippen LogP contribution in [-0.2, 0) is 15.6 Å². The number of benzene rings is 1. The van der Waals surface area contributed by atoms with E-state index in [1.54, 1.807) is 0 Å². The Bertz CT molecular complexity index is 396. The maximum absolute atomic E-state index is 10.6. The van der Waals surface area contributed by atoms with Gasteiger partial charge >= 0.3 is 59.1 Å². The Morgan fingerprint density at radius 2 is 1.81 bits per heavy atom. The van der Waals surface area contributed by atoms with Crippen molar-refractivity contribution in [3.05, 3.63) is 24.3 Å². The van der Waals surface area contributed by atoms with Crippen LogP contribution in [0.3, 0.4) is 0 Å². The minimum absolute atomic E-state index is 0. The first-order valence-electron chi connectivity index (χ1n) is 3.15. The van der Waals surface area contributed by atoms with E-state index < -0.39 is 24.0 Å². The van der Waals surface area contributed by atoms with Crippen LogP contribution in [0.25, 0.3) is 0 Å². The van der Waals surface area contributed by atoms with Crippen molar-refractivity contribution in [2.75, 3.05) is 0 Å². The summed E-state index contributed by atoms with van der Waals surface area (Å²) in [5.74, 6) is 0. The van der Waals surface area contributed by atoms with E-state index in [0.29, 0.717) is 0 Å². The zero-order chi connectivity index (χ0) is 10.1. The van der Waals surface area contributed by atoms with Gasteiger partial charge in [0.05, 0.1) is 0 Å². The first-order valence-corrected chi connectivity index (χ1v) is 5.80. The van der Waals surface area contributed by atoms with Crippen molar-refractivity contribution in [3.63, 3.8) is 0 Å². The van der Waals surface area contributed by atoms with Crippen LogP contribution in [0.2, 0.25) is 0 Å². The van der Waals surface area contributed by atoms with E-state index in [-0.39, 0.29) is 93.6 Å². The number of rotatable bonds is 2. The zero-order valence-electron chi connectivity index (χ0n) is 9.25. The minimum atomic E-state index is -4.61. The first kappa shape index (κ1) is 23.6. The molecule has 0 aliphatic heterocycles. The first-order chi connectivity index (χ1) is 5.91. The van der Waals surface area contributed by atoms with Gasteiger partial charge in [0, 0.05) is 39.8 Å². The summed E-state index contributed by atoms with van der Waals surface area (Å²) in [5.41, 5.74) is 0. The molecule has 16 heavy (non-hydrogen) atoms. The van der Waals surface area contributed by atoms with Crippen molar-refractivity contribution in [2.24, 2.45) is 0 Å². The third-order valence-corrected chi connectivity index (χ3v) is 2.91. The average molecular weight is 289 g/mol. The molecule has 0 fully saturated rings. The molecule has 0 saturated carbocycles. The van der Waals surface area contributed by atoms with Gasteiger partial charge in [0.25, 0.3) is 0 Å². The third-order valence-electron chi connectivity index (χ3n) is 1.34. The van der Waals surface area contributed by atoms with Crippen LogP contribution in [0.15, 0.2) is 29.2 Å². The molecule has 73 valence electrons. The molecule has 0 aromatic heterocycles. The van der Waals surface area contributed by atoms with Crippen molar-refractivity contribution in [1.29, 1.82) is 0 Å². The second kappa shape index (κ2) is 10.3. The Labute approximate surface area is 162 Å². The van der Waals surface area contributed by atoms with Crippen molar-refractivity contribution < 1.29 is 82.2 Å². The molecule has 1 rings (SSSR count). The summed E-state index contributed by atoms with van der Waals surface area (Å²) in [6, 6.07) is 4.46. The molecule has 0 aliphatic rings. The molecule has 1 N–H and O–H groups in total. The Hall–Kier alpha value is 2.48. The number of hydrogen-bond donors (Lipinski definition) is 1. The summed E-state index contributed by atoms with van der Waals surface area (Å²) >= 11 is -2.50. The normalized spacial score (nSPS) is 14.4. The largest absolute Gasteiger partial charge is 1.00 e. The van der Waals surface area contributed by atoms with Gasteiger partial charge < -0.3 is 18.9 Å². The summed E-state index contributed by atoms with van der Waals surface area (Å²) in [6.07, 6.45) is 0. The van der Waals surface area contributed by atoms with Gasteiger partial charge in [0.15, 0.2) is 7.60 Å². The van der Waals surface area contributed by atoms with E-state index in [9.17, 15) is 18.2 Å². The summed E-state index contributed by atoms with van der Waals surface area (Å²) in [7, 11) is -4.61. The van der Waals surface area contributed by atoms with Gasteiger partial charge in [-0.25, -0.2) is 0 Å². The molecule has 0 aliphatic carbocycles. The van der Waals surface area contributed by atoms with E-state index in [1.807, 2.05) is 0 Å². The molecule has 1 radical (unpaired) electrons. The van der Waals surface area contributed by atoms with Gasteiger partial charge in [-0.15, -0.1) is 0 Å². The fourth-order valence-corrected chi connectivity index (χ4v) is 1.84. The smallest absolute Gasteiger partial charge is 0.775 e. The molecule has 2 atom stereocenters. The maximum Gasteiger partial charge on any atom is 1.00 e. The Morgan fingerprint density at radius 1 is 1.31 bits per heavy atom. The fraction of sp³-hybridized carbons (Fsp3) is 0. The molecule has 10 heteroatoms. The van der Waals surface area contributed by atoms with Crippen LogP contribution in [0.1, 0.15) is 0 Å². The second-order valence-corrected chi connectivity index (χ2v) is 4.75.